The molecule has 0 unspecified atom stereocenters. The highest BCUT2D eigenvalue weighted by atomic mass is 15.2. The van der Waals surface area contributed by atoms with Crippen LogP contribution >= 0.6 is 0 Å². The van der Waals surface area contributed by atoms with Crippen molar-refractivity contribution in [1.29, 1.82) is 0 Å². The minimum atomic E-state index is 0.773. The maximum absolute atomic E-state index is 2.76. The van der Waals surface area contributed by atoms with Gasteiger partial charge >= 0.3 is 0 Å². The fourth-order valence-corrected chi connectivity index (χ4v) is 3.33. The smallest absolute Gasteiger partial charge is 0.0104 e. The fraction of sp³-hybridized carbons (Fsp3) is 1.00. The van der Waals surface area contributed by atoms with E-state index in [0.29, 0.717) is 0 Å². The molecule has 0 aliphatic carbocycles. The van der Waals surface area contributed by atoms with Crippen molar-refractivity contribution in [2.75, 3.05) is 0 Å². The van der Waals surface area contributed by atoms with Crippen LogP contribution in [0.4, 0.5) is 0 Å². The first-order valence-electron chi connectivity index (χ1n) is 5.46. The second kappa shape index (κ2) is 3.02. The van der Waals surface area contributed by atoms with Gasteiger partial charge < -0.3 is 0 Å². The largest absolute Gasteiger partial charge is 0.295 e. The molecule has 0 spiro atoms. The van der Waals surface area contributed by atoms with Crippen molar-refractivity contribution in [3.8, 4) is 0 Å². The Morgan fingerprint density at radius 2 is 1.58 bits per heavy atom. The van der Waals surface area contributed by atoms with E-state index in [1.54, 1.807) is 0 Å². The number of rotatable bonds is 1. The Balaban J connectivity index is 2.09. The molecular formula is C11H21N. The minimum Gasteiger partial charge on any atom is -0.295 e. The lowest BCUT2D eigenvalue weighted by Gasteiger charge is -2.40. The van der Waals surface area contributed by atoms with Crippen LogP contribution in [0.2, 0.25) is 0 Å². The van der Waals surface area contributed by atoms with Crippen LogP contribution in [0.5, 0.6) is 0 Å². The van der Waals surface area contributed by atoms with Gasteiger partial charge in [-0.3, -0.25) is 4.90 Å². The summed E-state index contributed by atoms with van der Waals surface area (Å²) in [6, 6.07) is 2.63. The number of fused-ring (bicyclic) bond motifs is 2. The van der Waals surface area contributed by atoms with Crippen LogP contribution in [0.25, 0.3) is 0 Å². The molecule has 2 fully saturated rings. The van der Waals surface area contributed by atoms with Crippen molar-refractivity contribution in [3.05, 3.63) is 0 Å². The molecular weight excluding hydrogens is 146 g/mol. The van der Waals surface area contributed by atoms with E-state index < -0.39 is 0 Å². The summed E-state index contributed by atoms with van der Waals surface area (Å²) in [6.45, 7) is 7.12. The second-order valence-electron chi connectivity index (χ2n) is 5.00. The average Bonchev–Trinajstić information content (AvgIpc) is 2.24. The van der Waals surface area contributed by atoms with Crippen molar-refractivity contribution >= 4 is 0 Å². The van der Waals surface area contributed by atoms with E-state index >= 15 is 0 Å². The lowest BCUT2D eigenvalue weighted by atomic mass is 9.91. The van der Waals surface area contributed by atoms with E-state index in [1.807, 2.05) is 0 Å². The third-order valence-electron chi connectivity index (χ3n) is 3.62. The number of nitrogens with zero attached hydrogens (tertiary/aromatic N) is 1. The summed E-state index contributed by atoms with van der Waals surface area (Å²) in [4.78, 5) is 2.76. The zero-order valence-electron chi connectivity index (χ0n) is 8.59. The molecule has 2 aliphatic heterocycles. The molecule has 0 N–H and O–H groups in total. The van der Waals surface area contributed by atoms with Crippen molar-refractivity contribution in [1.82, 2.24) is 4.90 Å². The standard InChI is InChI=1S/C11H21N/c1-8(2)12-10-4-5-11(12)7-9(3)6-10/h8-11H,4-7H2,1-3H3/t9-,10+,11-. The van der Waals surface area contributed by atoms with Gasteiger partial charge in [-0.15, -0.1) is 0 Å². The quantitative estimate of drug-likeness (QED) is 0.580. The van der Waals surface area contributed by atoms with E-state index in [-0.39, 0.29) is 0 Å². The van der Waals surface area contributed by atoms with Gasteiger partial charge in [-0.1, -0.05) is 6.92 Å². The summed E-state index contributed by atoms with van der Waals surface area (Å²) in [6.07, 6.45) is 5.84. The van der Waals surface area contributed by atoms with Crippen molar-refractivity contribution in [3.63, 3.8) is 0 Å². The van der Waals surface area contributed by atoms with E-state index in [1.165, 1.54) is 25.7 Å². The molecule has 3 atom stereocenters. The second-order valence-corrected chi connectivity index (χ2v) is 5.00. The van der Waals surface area contributed by atoms with Crippen LogP contribution in [-0.4, -0.2) is 23.0 Å². The van der Waals surface area contributed by atoms with Crippen molar-refractivity contribution in [2.45, 2.75) is 64.6 Å². The summed E-state index contributed by atoms with van der Waals surface area (Å²) in [5.74, 6) is 0.984. The summed E-state index contributed by atoms with van der Waals surface area (Å²) in [5, 5.41) is 0. The van der Waals surface area contributed by atoms with Crippen LogP contribution in [0.1, 0.15) is 46.5 Å². The summed E-state index contributed by atoms with van der Waals surface area (Å²) < 4.78 is 0. The lowest BCUT2D eigenvalue weighted by Crippen LogP contribution is -2.46. The molecule has 2 heterocycles. The average molecular weight is 167 g/mol. The molecule has 0 amide bonds. The Morgan fingerprint density at radius 1 is 1.08 bits per heavy atom. The Hall–Kier alpha value is -0.0400. The molecule has 0 aromatic rings. The Labute approximate surface area is 76.1 Å². The van der Waals surface area contributed by atoms with Gasteiger partial charge in [0.25, 0.3) is 0 Å². The molecule has 0 aromatic carbocycles. The van der Waals surface area contributed by atoms with Crippen molar-refractivity contribution in [2.24, 2.45) is 5.92 Å². The van der Waals surface area contributed by atoms with Gasteiger partial charge in [-0.2, -0.15) is 0 Å². The third-order valence-corrected chi connectivity index (χ3v) is 3.62. The Morgan fingerprint density at radius 3 is 2.00 bits per heavy atom. The molecule has 2 bridgehead atoms. The van der Waals surface area contributed by atoms with E-state index in [0.717, 1.165) is 24.0 Å². The fourth-order valence-electron chi connectivity index (χ4n) is 3.33. The van der Waals surface area contributed by atoms with Crippen LogP contribution in [0.15, 0.2) is 0 Å². The number of piperidine rings is 1. The van der Waals surface area contributed by atoms with Crippen LogP contribution in [0, 0.1) is 5.92 Å². The first kappa shape index (κ1) is 8.55. The molecule has 0 radical (unpaired) electrons. The summed E-state index contributed by atoms with van der Waals surface area (Å²) >= 11 is 0. The normalized spacial score (nSPS) is 42.5. The van der Waals surface area contributed by atoms with Gasteiger partial charge in [-0.25, -0.2) is 0 Å². The predicted molar refractivity (Wildman–Crippen MR) is 52.2 cm³/mol. The molecule has 2 saturated heterocycles. The van der Waals surface area contributed by atoms with Crippen LogP contribution in [-0.2, 0) is 0 Å². The highest BCUT2D eigenvalue weighted by molar-refractivity contribution is 4.95. The lowest BCUT2D eigenvalue weighted by molar-refractivity contribution is 0.0786. The predicted octanol–water partition coefficient (Wildman–Crippen LogP) is 2.66. The van der Waals surface area contributed by atoms with E-state index in [4.69, 9.17) is 0 Å². The molecule has 1 heteroatoms. The maximum atomic E-state index is 2.76. The molecule has 2 aliphatic rings. The molecule has 0 saturated carbocycles. The van der Waals surface area contributed by atoms with Gasteiger partial charge in [0.05, 0.1) is 0 Å². The van der Waals surface area contributed by atoms with Crippen LogP contribution < -0.4 is 0 Å². The highest BCUT2D eigenvalue weighted by Gasteiger charge is 2.40. The summed E-state index contributed by atoms with van der Waals surface area (Å²) in [5.41, 5.74) is 0. The Bertz CT molecular complexity index is 150. The number of hydrogen-bond acceptors (Lipinski definition) is 1. The molecule has 2 rings (SSSR count). The number of hydrogen-bond donors (Lipinski definition) is 0. The highest BCUT2D eigenvalue weighted by Crippen LogP contribution is 2.39. The zero-order valence-corrected chi connectivity index (χ0v) is 8.59. The van der Waals surface area contributed by atoms with Crippen LogP contribution in [0.3, 0.4) is 0 Å². The topological polar surface area (TPSA) is 3.24 Å². The van der Waals surface area contributed by atoms with E-state index in [2.05, 4.69) is 25.7 Å². The monoisotopic (exact) mass is 167 g/mol. The molecule has 12 heavy (non-hydrogen) atoms. The molecule has 70 valence electrons. The Kier molecular flexibility index (Phi) is 2.16. The first-order chi connectivity index (χ1) is 5.68. The third kappa shape index (κ3) is 1.28. The van der Waals surface area contributed by atoms with Crippen molar-refractivity contribution < 1.29 is 0 Å². The van der Waals surface area contributed by atoms with Gasteiger partial charge in [0.15, 0.2) is 0 Å². The zero-order chi connectivity index (χ0) is 8.72. The van der Waals surface area contributed by atoms with Gasteiger partial charge in [0.1, 0.15) is 0 Å². The SMILES string of the molecule is CC(C)N1[C@@H]2CC[C@H]1C[C@@H](C)C2. The minimum absolute atomic E-state index is 0.773. The summed E-state index contributed by atoms with van der Waals surface area (Å²) in [7, 11) is 0. The van der Waals surface area contributed by atoms with Gasteiger partial charge in [0.2, 0.25) is 0 Å². The van der Waals surface area contributed by atoms with Gasteiger partial charge in [-0.05, 0) is 45.4 Å². The van der Waals surface area contributed by atoms with E-state index in [9.17, 15) is 0 Å². The van der Waals surface area contributed by atoms with Gasteiger partial charge in [0, 0.05) is 18.1 Å². The maximum Gasteiger partial charge on any atom is 0.0104 e. The molecule has 0 aromatic heterocycles. The molecule has 1 nitrogen and oxygen atoms in total. The first-order valence-corrected chi connectivity index (χ1v) is 5.46.